The van der Waals surface area contributed by atoms with Gasteiger partial charge in [0.15, 0.2) is 5.69 Å². The number of carbonyl (C=O) groups excluding carboxylic acids is 1. The molecule has 0 aliphatic carbocycles. The number of hydrogen-bond acceptors (Lipinski definition) is 5. The molecule has 0 aliphatic heterocycles. The average Bonchev–Trinajstić information content (AvgIpc) is 2.64. The van der Waals surface area contributed by atoms with Crippen LogP contribution in [0.25, 0.3) is 10.9 Å². The van der Waals surface area contributed by atoms with Crippen LogP contribution in [-0.4, -0.2) is 24.2 Å². The monoisotopic (exact) mass is 370 g/mol. The summed E-state index contributed by atoms with van der Waals surface area (Å²) in [7, 11) is 0. The molecule has 0 amide bonds. The second-order valence-corrected chi connectivity index (χ2v) is 5.96. The van der Waals surface area contributed by atoms with Gasteiger partial charge in [-0.05, 0) is 62.4 Å². The van der Waals surface area contributed by atoms with Crippen LogP contribution in [0.2, 0.25) is 5.02 Å². The van der Waals surface area contributed by atoms with Crippen LogP contribution < -0.4 is 10.1 Å². The Bertz CT molecular complexity index is 926. The average molecular weight is 371 g/mol. The van der Waals surface area contributed by atoms with E-state index in [-0.39, 0.29) is 5.69 Å². The summed E-state index contributed by atoms with van der Waals surface area (Å²) in [6.07, 6.45) is 0. The molecule has 1 aromatic heterocycles. The van der Waals surface area contributed by atoms with E-state index < -0.39 is 5.97 Å². The number of nitrogens with zero attached hydrogens (tertiary/aromatic N) is 1. The van der Waals surface area contributed by atoms with Crippen molar-refractivity contribution in [2.75, 3.05) is 18.5 Å². The fourth-order valence-corrected chi connectivity index (χ4v) is 2.74. The summed E-state index contributed by atoms with van der Waals surface area (Å²) in [5.41, 5.74) is 2.49. The summed E-state index contributed by atoms with van der Waals surface area (Å²) >= 11 is 6.14. The Balaban J connectivity index is 2.01. The summed E-state index contributed by atoms with van der Waals surface area (Å²) in [5.74, 6) is 0.340. The van der Waals surface area contributed by atoms with Gasteiger partial charge in [0.25, 0.3) is 0 Å². The first-order valence-corrected chi connectivity index (χ1v) is 8.75. The van der Waals surface area contributed by atoms with Crippen LogP contribution in [0.4, 0.5) is 11.4 Å². The number of rotatable bonds is 6. The summed E-state index contributed by atoms with van der Waals surface area (Å²) in [6.45, 7) is 4.61. The van der Waals surface area contributed by atoms with E-state index in [0.29, 0.717) is 23.8 Å². The lowest BCUT2D eigenvalue weighted by atomic mass is 10.1. The summed E-state index contributed by atoms with van der Waals surface area (Å²) in [6, 6.07) is 14.6. The van der Waals surface area contributed by atoms with E-state index in [0.717, 1.165) is 22.5 Å². The van der Waals surface area contributed by atoms with Crippen LogP contribution in [0.15, 0.2) is 48.5 Å². The number of ether oxygens (including phenoxy) is 2. The Kier molecular flexibility index (Phi) is 5.58. The lowest BCUT2D eigenvalue weighted by Crippen LogP contribution is -2.08. The Hall–Kier alpha value is -2.79. The van der Waals surface area contributed by atoms with Crippen molar-refractivity contribution in [3.8, 4) is 5.75 Å². The molecule has 0 radical (unpaired) electrons. The SMILES string of the molecule is CCOC(=O)c1cc(Nc2ccc(OCC)cc2)c2cc(Cl)ccc2n1. The van der Waals surface area contributed by atoms with Crippen LogP contribution in [0.1, 0.15) is 24.3 Å². The van der Waals surface area contributed by atoms with E-state index >= 15 is 0 Å². The normalized spacial score (nSPS) is 10.6. The first-order valence-electron chi connectivity index (χ1n) is 8.38. The smallest absolute Gasteiger partial charge is 0.357 e. The van der Waals surface area contributed by atoms with Crippen molar-refractivity contribution in [3.05, 3.63) is 59.2 Å². The van der Waals surface area contributed by atoms with Gasteiger partial charge in [0, 0.05) is 16.1 Å². The molecule has 0 aliphatic rings. The van der Waals surface area contributed by atoms with E-state index in [2.05, 4.69) is 10.3 Å². The van der Waals surface area contributed by atoms with Crippen LogP contribution in [0, 0.1) is 0 Å². The quantitative estimate of drug-likeness (QED) is 0.604. The molecule has 3 rings (SSSR count). The number of esters is 1. The molecule has 1 N–H and O–H groups in total. The van der Waals surface area contributed by atoms with Crippen molar-refractivity contribution < 1.29 is 14.3 Å². The molecule has 0 saturated heterocycles. The lowest BCUT2D eigenvalue weighted by molar-refractivity contribution is 0.0520. The molecule has 6 heteroatoms. The maximum Gasteiger partial charge on any atom is 0.357 e. The third-order valence-electron chi connectivity index (χ3n) is 3.70. The zero-order valence-corrected chi connectivity index (χ0v) is 15.3. The molecule has 134 valence electrons. The van der Waals surface area contributed by atoms with Crippen molar-refractivity contribution >= 4 is 39.8 Å². The maximum atomic E-state index is 12.1. The van der Waals surface area contributed by atoms with Crippen LogP contribution in [-0.2, 0) is 4.74 Å². The van der Waals surface area contributed by atoms with Gasteiger partial charge in [0.2, 0.25) is 0 Å². The second kappa shape index (κ2) is 8.06. The van der Waals surface area contributed by atoms with Crippen LogP contribution in [0.3, 0.4) is 0 Å². The Morgan fingerprint density at radius 2 is 1.85 bits per heavy atom. The van der Waals surface area contributed by atoms with E-state index in [1.165, 1.54) is 0 Å². The number of benzene rings is 2. The molecule has 26 heavy (non-hydrogen) atoms. The van der Waals surface area contributed by atoms with Crippen molar-refractivity contribution in [3.63, 3.8) is 0 Å². The minimum atomic E-state index is -0.459. The zero-order chi connectivity index (χ0) is 18.5. The highest BCUT2D eigenvalue weighted by Crippen LogP contribution is 2.29. The minimum absolute atomic E-state index is 0.245. The number of pyridine rings is 1. The van der Waals surface area contributed by atoms with Gasteiger partial charge in [-0.15, -0.1) is 0 Å². The van der Waals surface area contributed by atoms with Gasteiger partial charge in [-0.3, -0.25) is 0 Å². The molecule has 0 fully saturated rings. The molecule has 0 unspecified atom stereocenters. The molecule has 1 heterocycles. The second-order valence-electron chi connectivity index (χ2n) is 5.52. The number of anilines is 2. The molecule has 0 spiro atoms. The van der Waals surface area contributed by atoms with Gasteiger partial charge < -0.3 is 14.8 Å². The number of aromatic nitrogens is 1. The predicted molar refractivity (Wildman–Crippen MR) is 104 cm³/mol. The molecule has 5 nitrogen and oxygen atoms in total. The van der Waals surface area contributed by atoms with E-state index in [9.17, 15) is 4.79 Å². The molecule has 0 atom stereocenters. The van der Waals surface area contributed by atoms with Crippen LogP contribution >= 0.6 is 11.6 Å². The Morgan fingerprint density at radius 1 is 1.08 bits per heavy atom. The molecule has 2 aromatic carbocycles. The number of carbonyl (C=O) groups is 1. The fourth-order valence-electron chi connectivity index (χ4n) is 2.57. The molecular weight excluding hydrogens is 352 g/mol. The third kappa shape index (κ3) is 4.06. The summed E-state index contributed by atoms with van der Waals surface area (Å²) < 4.78 is 10.5. The molecule has 0 saturated carbocycles. The highest BCUT2D eigenvalue weighted by molar-refractivity contribution is 6.31. The minimum Gasteiger partial charge on any atom is -0.494 e. The Morgan fingerprint density at radius 3 is 2.54 bits per heavy atom. The lowest BCUT2D eigenvalue weighted by Gasteiger charge is -2.12. The van der Waals surface area contributed by atoms with Gasteiger partial charge >= 0.3 is 5.97 Å². The van der Waals surface area contributed by atoms with Gasteiger partial charge in [0.05, 0.1) is 24.4 Å². The molecule has 3 aromatic rings. The summed E-state index contributed by atoms with van der Waals surface area (Å²) in [5, 5.41) is 4.73. The van der Waals surface area contributed by atoms with Gasteiger partial charge in [-0.1, -0.05) is 11.6 Å². The van der Waals surface area contributed by atoms with Crippen molar-refractivity contribution in [2.45, 2.75) is 13.8 Å². The number of nitrogens with one attached hydrogen (secondary N) is 1. The van der Waals surface area contributed by atoms with E-state index in [1.807, 2.05) is 37.3 Å². The standard InChI is InChI=1S/C20H19ClN2O3/c1-3-25-15-8-6-14(7-9-15)22-18-12-19(20(24)26-4-2)23-17-10-5-13(21)11-16(17)18/h5-12H,3-4H2,1-2H3,(H,22,23). The summed E-state index contributed by atoms with van der Waals surface area (Å²) in [4.78, 5) is 16.5. The Labute approximate surface area is 156 Å². The van der Waals surface area contributed by atoms with Crippen molar-refractivity contribution in [1.82, 2.24) is 4.98 Å². The molecular formula is C20H19ClN2O3. The third-order valence-corrected chi connectivity index (χ3v) is 3.93. The van der Waals surface area contributed by atoms with Gasteiger partial charge in [-0.2, -0.15) is 0 Å². The molecule has 0 bridgehead atoms. The first kappa shape index (κ1) is 18.0. The van der Waals surface area contributed by atoms with Crippen LogP contribution in [0.5, 0.6) is 5.75 Å². The maximum absolute atomic E-state index is 12.1. The van der Waals surface area contributed by atoms with Gasteiger partial charge in [0.1, 0.15) is 5.75 Å². The first-order chi connectivity index (χ1) is 12.6. The number of hydrogen-bond donors (Lipinski definition) is 1. The van der Waals surface area contributed by atoms with E-state index in [1.54, 1.807) is 25.1 Å². The van der Waals surface area contributed by atoms with E-state index in [4.69, 9.17) is 21.1 Å². The topological polar surface area (TPSA) is 60.5 Å². The van der Waals surface area contributed by atoms with Crippen molar-refractivity contribution in [2.24, 2.45) is 0 Å². The van der Waals surface area contributed by atoms with Crippen molar-refractivity contribution in [1.29, 1.82) is 0 Å². The van der Waals surface area contributed by atoms with Gasteiger partial charge in [-0.25, -0.2) is 9.78 Å². The highest BCUT2D eigenvalue weighted by Gasteiger charge is 2.14. The fraction of sp³-hybridized carbons (Fsp3) is 0.200. The predicted octanol–water partition coefficient (Wildman–Crippen LogP) is 5.21. The number of halogens is 1. The highest BCUT2D eigenvalue weighted by atomic mass is 35.5. The zero-order valence-electron chi connectivity index (χ0n) is 14.6. The largest absolute Gasteiger partial charge is 0.494 e. The number of fused-ring (bicyclic) bond motifs is 1.